The van der Waals surface area contributed by atoms with E-state index in [0.29, 0.717) is 5.56 Å². The molecule has 0 aliphatic heterocycles. The summed E-state index contributed by atoms with van der Waals surface area (Å²) in [4.78, 5) is 1.08. The summed E-state index contributed by atoms with van der Waals surface area (Å²) in [6, 6.07) is 17.5. The molecule has 0 saturated heterocycles. The van der Waals surface area contributed by atoms with Gasteiger partial charge >= 0.3 is 0 Å². The van der Waals surface area contributed by atoms with Crippen molar-refractivity contribution in [3.63, 3.8) is 0 Å². The lowest BCUT2D eigenvalue weighted by atomic mass is 10.2. The molecule has 17 heavy (non-hydrogen) atoms. The van der Waals surface area contributed by atoms with E-state index >= 15 is 0 Å². The molecule has 0 aliphatic carbocycles. The van der Waals surface area contributed by atoms with E-state index in [1.54, 1.807) is 6.07 Å². The molecule has 0 heterocycles. The molecule has 1 N–H and O–H groups in total. The molecule has 0 unspecified atom stereocenters. The van der Waals surface area contributed by atoms with Crippen LogP contribution in [-0.4, -0.2) is 5.87 Å². The smallest absolute Gasteiger partial charge is 0.253 e. The van der Waals surface area contributed by atoms with Gasteiger partial charge in [0.15, 0.2) is 5.87 Å². The molecule has 0 atom stereocenters. The monoisotopic (exact) mass is 239 g/mol. The molecule has 82 valence electrons. The lowest BCUT2D eigenvalue weighted by Crippen LogP contribution is -1.93. The Morgan fingerprint density at radius 1 is 1.12 bits per heavy atom. The second-order valence-electron chi connectivity index (χ2n) is 3.46. The fourth-order valence-electron chi connectivity index (χ4n) is 1.52. The highest BCUT2D eigenvalue weighted by Crippen LogP contribution is 2.21. The number of para-hydroxylation sites is 1. The van der Waals surface area contributed by atoms with E-state index in [4.69, 9.17) is 5.26 Å². The third kappa shape index (κ3) is 2.68. The zero-order valence-electron chi connectivity index (χ0n) is 9.18. The Bertz CT molecular complexity index is 585. The topological polar surface area (TPSA) is 35.8 Å². The van der Waals surface area contributed by atoms with Gasteiger partial charge in [-0.15, -0.1) is 0 Å². The van der Waals surface area contributed by atoms with E-state index in [1.807, 2.05) is 42.5 Å². The van der Waals surface area contributed by atoms with Crippen LogP contribution in [0.1, 0.15) is 5.56 Å². The molecule has 2 nitrogen and oxygen atoms in total. The summed E-state index contributed by atoms with van der Waals surface area (Å²) >= 11 is 1.45. The van der Waals surface area contributed by atoms with E-state index in [0.717, 1.165) is 16.3 Å². The molecule has 0 radical (unpaired) electrons. The van der Waals surface area contributed by atoms with Crippen LogP contribution in [0.25, 0.3) is 0 Å². The van der Waals surface area contributed by atoms with Gasteiger partial charge in [-0.2, -0.15) is 5.26 Å². The maximum Gasteiger partial charge on any atom is 0.253 e. The van der Waals surface area contributed by atoms with E-state index in [1.165, 1.54) is 11.4 Å². The van der Waals surface area contributed by atoms with Crippen LogP contribution in [-0.2, 0) is 11.4 Å². The minimum absolute atomic E-state index is 0.648. The maximum atomic E-state index is 8.84. The van der Waals surface area contributed by atoms with Gasteiger partial charge in [0.1, 0.15) is 5.69 Å². The molecule has 0 fully saturated rings. The van der Waals surface area contributed by atoms with Crippen LogP contribution in [0, 0.1) is 11.3 Å². The van der Waals surface area contributed by atoms with Gasteiger partial charge in [-0.1, -0.05) is 18.2 Å². The van der Waals surface area contributed by atoms with Crippen molar-refractivity contribution in [2.75, 3.05) is 5.32 Å². The fourth-order valence-corrected chi connectivity index (χ4v) is 1.97. The number of benzene rings is 2. The van der Waals surface area contributed by atoms with Crippen LogP contribution in [0.2, 0.25) is 0 Å². The van der Waals surface area contributed by atoms with E-state index in [2.05, 4.69) is 17.3 Å². The van der Waals surface area contributed by atoms with Gasteiger partial charge in [0.05, 0.1) is 11.6 Å². The molecular weight excluding hydrogens is 228 g/mol. The molecule has 3 heteroatoms. The average Bonchev–Trinajstić information content (AvgIpc) is 2.39. The number of nitriles is 1. The van der Waals surface area contributed by atoms with Crippen molar-refractivity contribution >= 4 is 28.6 Å². The Morgan fingerprint density at radius 3 is 2.71 bits per heavy atom. The predicted octanol–water partition coefficient (Wildman–Crippen LogP) is 3.18. The van der Waals surface area contributed by atoms with Gasteiger partial charge in [-0.05, 0) is 24.3 Å². The molecule has 0 aromatic heterocycles. The van der Waals surface area contributed by atoms with Crippen LogP contribution in [0.3, 0.4) is 0 Å². The quantitative estimate of drug-likeness (QED) is 0.659. The van der Waals surface area contributed by atoms with Crippen LogP contribution in [0.5, 0.6) is 0 Å². The van der Waals surface area contributed by atoms with Gasteiger partial charge in [0.2, 0.25) is 11.4 Å². The molecule has 2 aromatic carbocycles. The Hall–Kier alpha value is -2.18. The largest absolute Gasteiger partial charge is 0.351 e. The van der Waals surface area contributed by atoms with Crippen molar-refractivity contribution in [3.05, 3.63) is 54.1 Å². The Kier molecular flexibility index (Phi) is 3.49. The highest BCUT2D eigenvalue weighted by atomic mass is 32.1. The summed E-state index contributed by atoms with van der Waals surface area (Å²) in [5.74, 6) is 3.82. The zero-order valence-corrected chi connectivity index (χ0v) is 10.00. The summed E-state index contributed by atoms with van der Waals surface area (Å²) in [5.41, 5.74) is 2.56. The number of hydrogen-bond donors (Lipinski definition) is 1. The van der Waals surface area contributed by atoms with Crippen molar-refractivity contribution in [1.29, 1.82) is 5.26 Å². The lowest BCUT2D eigenvalue weighted by molar-refractivity contribution is 1.41. The molecule has 0 amide bonds. The summed E-state index contributed by atoms with van der Waals surface area (Å²) in [7, 11) is 0. The van der Waals surface area contributed by atoms with Crippen LogP contribution in [0.4, 0.5) is 11.4 Å². The average molecular weight is 239 g/mol. The van der Waals surface area contributed by atoms with Gasteiger partial charge in [0, 0.05) is 11.8 Å². The lowest BCUT2D eigenvalue weighted by Gasteiger charge is -2.05. The SMILES string of the molecule is C=[S+]c1ccccc1Nc1cccc(C#N)c1. The number of rotatable bonds is 3. The molecule has 2 rings (SSSR count). The molecule has 0 saturated carbocycles. The minimum atomic E-state index is 0.648. The van der Waals surface area contributed by atoms with Crippen molar-refractivity contribution in [3.8, 4) is 6.07 Å². The van der Waals surface area contributed by atoms with E-state index < -0.39 is 0 Å². The number of hydrogen-bond acceptors (Lipinski definition) is 2. The van der Waals surface area contributed by atoms with E-state index in [9.17, 15) is 0 Å². The van der Waals surface area contributed by atoms with Crippen LogP contribution >= 0.6 is 0 Å². The molecule has 2 aromatic rings. The van der Waals surface area contributed by atoms with Gasteiger partial charge in [-0.25, -0.2) is 0 Å². The van der Waals surface area contributed by atoms with E-state index in [-0.39, 0.29) is 0 Å². The molecule has 0 aliphatic rings. The first-order valence-electron chi connectivity index (χ1n) is 5.12. The number of nitrogens with zero attached hydrogens (tertiary/aromatic N) is 1. The van der Waals surface area contributed by atoms with Crippen molar-refractivity contribution < 1.29 is 0 Å². The Balaban J connectivity index is 2.31. The first-order chi connectivity index (χ1) is 8.33. The normalized spacial score (nSPS) is 9.35. The third-order valence-corrected chi connectivity index (χ3v) is 2.98. The second kappa shape index (κ2) is 5.24. The van der Waals surface area contributed by atoms with Crippen molar-refractivity contribution in [1.82, 2.24) is 0 Å². The minimum Gasteiger partial charge on any atom is -0.351 e. The summed E-state index contributed by atoms with van der Waals surface area (Å²) in [6.45, 7) is 0. The van der Waals surface area contributed by atoms with Gasteiger partial charge < -0.3 is 5.32 Å². The number of nitrogens with one attached hydrogen (secondary N) is 1. The standard InChI is InChI=1S/C14H11N2S/c1-17-14-8-3-2-7-13(14)16-12-6-4-5-11(9-12)10-15/h2-9,16H,1H2/q+1. The molecule has 0 bridgehead atoms. The molecular formula is C14H11N2S+. The predicted molar refractivity (Wildman–Crippen MR) is 73.6 cm³/mol. The first kappa shape index (κ1) is 11.3. The second-order valence-corrected chi connectivity index (χ2v) is 4.19. The number of anilines is 2. The van der Waals surface area contributed by atoms with Gasteiger partial charge in [-0.3, -0.25) is 0 Å². The maximum absolute atomic E-state index is 8.84. The highest BCUT2D eigenvalue weighted by molar-refractivity contribution is 7.76. The Morgan fingerprint density at radius 2 is 1.94 bits per heavy atom. The van der Waals surface area contributed by atoms with Crippen LogP contribution < -0.4 is 5.32 Å². The zero-order chi connectivity index (χ0) is 12.1. The highest BCUT2D eigenvalue weighted by Gasteiger charge is 2.07. The first-order valence-corrected chi connectivity index (χ1v) is 6.10. The summed E-state index contributed by atoms with van der Waals surface area (Å²) in [6.07, 6.45) is 0. The summed E-state index contributed by atoms with van der Waals surface area (Å²) in [5, 5.41) is 12.1. The van der Waals surface area contributed by atoms with Gasteiger partial charge in [0.25, 0.3) is 4.90 Å². The fraction of sp³-hybridized carbons (Fsp3) is 0. The van der Waals surface area contributed by atoms with Crippen molar-refractivity contribution in [2.45, 2.75) is 4.90 Å². The third-order valence-electron chi connectivity index (χ3n) is 2.31. The molecule has 0 spiro atoms. The van der Waals surface area contributed by atoms with Crippen LogP contribution in [0.15, 0.2) is 53.4 Å². The summed E-state index contributed by atoms with van der Waals surface area (Å²) < 4.78 is 0. The van der Waals surface area contributed by atoms with Crippen molar-refractivity contribution in [2.24, 2.45) is 0 Å². The Labute approximate surface area is 104 Å².